The lowest BCUT2D eigenvalue weighted by molar-refractivity contribution is -0.134. The van der Waals surface area contributed by atoms with Crippen LogP contribution in [0.3, 0.4) is 0 Å². The van der Waals surface area contributed by atoms with Gasteiger partial charge in [0.25, 0.3) is 0 Å². The van der Waals surface area contributed by atoms with Crippen molar-refractivity contribution in [3.8, 4) is 6.07 Å². The quantitative estimate of drug-likeness (QED) is 0.680. The van der Waals surface area contributed by atoms with Gasteiger partial charge in [-0.2, -0.15) is 5.26 Å². The minimum absolute atomic E-state index is 0.0708. The van der Waals surface area contributed by atoms with Crippen LogP contribution in [0.25, 0.3) is 0 Å². The zero-order chi connectivity index (χ0) is 14.9. The van der Waals surface area contributed by atoms with Gasteiger partial charge in [-0.1, -0.05) is 29.8 Å². The molecule has 20 heavy (non-hydrogen) atoms. The molecule has 2 amide bonds. The average molecular weight is 291 g/mol. The Morgan fingerprint density at radius 3 is 2.60 bits per heavy atom. The van der Waals surface area contributed by atoms with Crippen LogP contribution in [0.15, 0.2) is 35.7 Å². The van der Waals surface area contributed by atoms with Crippen LogP contribution < -0.4 is 16.8 Å². The average Bonchev–Trinajstić information content (AvgIpc) is 2.38. The first-order valence-corrected chi connectivity index (χ1v) is 6.09. The number of allylic oxidation sites excluding steroid dienone is 1. The van der Waals surface area contributed by atoms with Gasteiger partial charge >= 0.3 is 0 Å². The number of hydrogen-bond donors (Lipinski definition) is 3. The largest absolute Gasteiger partial charge is 0.384 e. The van der Waals surface area contributed by atoms with Crippen molar-refractivity contribution in [1.82, 2.24) is 5.32 Å². The molecular formula is C13H11ClN4O2. The van der Waals surface area contributed by atoms with Crippen molar-refractivity contribution in [3.63, 3.8) is 0 Å². The Kier molecular flexibility index (Phi) is 3.63. The summed E-state index contributed by atoms with van der Waals surface area (Å²) >= 11 is 6.09. The summed E-state index contributed by atoms with van der Waals surface area (Å²) in [6, 6.07) is 8.54. The lowest BCUT2D eigenvalue weighted by Crippen LogP contribution is -2.48. The molecule has 102 valence electrons. The van der Waals surface area contributed by atoms with Gasteiger partial charge in [-0.25, -0.2) is 0 Å². The molecule has 1 heterocycles. The lowest BCUT2D eigenvalue weighted by Gasteiger charge is -2.30. The predicted octanol–water partition coefficient (Wildman–Crippen LogP) is 0.349. The molecule has 0 spiro atoms. The highest BCUT2D eigenvalue weighted by Gasteiger charge is 2.42. The molecule has 1 aliphatic rings. The molecule has 0 aliphatic carbocycles. The Balaban J connectivity index is 2.68. The van der Waals surface area contributed by atoms with Gasteiger partial charge in [0.2, 0.25) is 11.8 Å². The number of hydrogen-bond acceptors (Lipinski definition) is 4. The highest BCUT2D eigenvalue weighted by Crippen LogP contribution is 2.38. The molecule has 0 saturated heterocycles. The third-order valence-electron chi connectivity index (χ3n) is 3.14. The number of carbonyl (C=O) groups is 2. The van der Waals surface area contributed by atoms with E-state index in [1.165, 1.54) is 0 Å². The highest BCUT2D eigenvalue weighted by atomic mass is 35.5. The Labute approximate surface area is 120 Å². The van der Waals surface area contributed by atoms with Crippen LogP contribution in [0, 0.1) is 17.2 Å². The molecule has 5 N–H and O–H groups in total. The van der Waals surface area contributed by atoms with Gasteiger partial charge in [-0.15, -0.1) is 0 Å². The first kappa shape index (κ1) is 13.9. The van der Waals surface area contributed by atoms with Crippen molar-refractivity contribution in [1.29, 1.82) is 5.26 Å². The van der Waals surface area contributed by atoms with E-state index in [-0.39, 0.29) is 11.4 Å². The molecule has 1 aromatic rings. The van der Waals surface area contributed by atoms with E-state index in [1.54, 1.807) is 24.3 Å². The first-order valence-electron chi connectivity index (χ1n) is 5.71. The molecule has 0 bridgehead atoms. The Morgan fingerprint density at radius 2 is 2.05 bits per heavy atom. The third kappa shape index (κ3) is 2.19. The summed E-state index contributed by atoms with van der Waals surface area (Å²) in [5.74, 6) is -3.66. The molecule has 0 fully saturated rings. The number of nitrogens with zero attached hydrogens (tertiary/aromatic N) is 1. The predicted molar refractivity (Wildman–Crippen MR) is 71.8 cm³/mol. The summed E-state index contributed by atoms with van der Waals surface area (Å²) in [5.41, 5.74) is 11.5. The van der Waals surface area contributed by atoms with Crippen LogP contribution >= 0.6 is 11.6 Å². The van der Waals surface area contributed by atoms with Gasteiger partial charge in [0, 0.05) is 10.9 Å². The highest BCUT2D eigenvalue weighted by molar-refractivity contribution is 6.31. The number of amides is 2. The topological polar surface area (TPSA) is 122 Å². The van der Waals surface area contributed by atoms with E-state index >= 15 is 0 Å². The van der Waals surface area contributed by atoms with Crippen LogP contribution in [0.1, 0.15) is 11.5 Å². The fourth-order valence-corrected chi connectivity index (χ4v) is 2.50. The molecule has 0 unspecified atom stereocenters. The molecule has 0 radical (unpaired) electrons. The minimum Gasteiger partial charge on any atom is -0.384 e. The molecule has 0 aromatic heterocycles. The maximum Gasteiger partial charge on any atom is 0.239 e. The normalized spacial score (nSPS) is 22.1. The van der Waals surface area contributed by atoms with Crippen molar-refractivity contribution in [3.05, 3.63) is 46.2 Å². The SMILES string of the molecule is N#CC1=C(N)NC(=O)[C@@H](C(N)=O)[C@@H]1c1ccccc1Cl. The molecule has 6 nitrogen and oxygen atoms in total. The number of rotatable bonds is 2. The fourth-order valence-electron chi connectivity index (χ4n) is 2.25. The molecule has 2 rings (SSSR count). The monoisotopic (exact) mass is 290 g/mol. The summed E-state index contributed by atoms with van der Waals surface area (Å²) in [6.45, 7) is 0. The van der Waals surface area contributed by atoms with Crippen molar-refractivity contribution < 1.29 is 9.59 Å². The molecule has 7 heteroatoms. The van der Waals surface area contributed by atoms with E-state index in [0.717, 1.165) is 0 Å². The number of nitrogens with two attached hydrogens (primary N) is 2. The summed E-state index contributed by atoms with van der Waals surface area (Å²) in [7, 11) is 0. The molecule has 1 aliphatic heterocycles. The van der Waals surface area contributed by atoms with Gasteiger partial charge in [0.15, 0.2) is 0 Å². The molecule has 2 atom stereocenters. The van der Waals surface area contributed by atoms with E-state index in [4.69, 9.17) is 23.1 Å². The van der Waals surface area contributed by atoms with Gasteiger partial charge in [-0.05, 0) is 11.6 Å². The number of halogens is 1. The smallest absolute Gasteiger partial charge is 0.239 e. The van der Waals surface area contributed by atoms with Crippen molar-refractivity contribution in [2.75, 3.05) is 0 Å². The van der Waals surface area contributed by atoms with E-state index < -0.39 is 23.7 Å². The van der Waals surface area contributed by atoms with Gasteiger partial charge in [0.05, 0.1) is 11.6 Å². The lowest BCUT2D eigenvalue weighted by atomic mass is 9.77. The van der Waals surface area contributed by atoms with Crippen molar-refractivity contribution >= 4 is 23.4 Å². The van der Waals surface area contributed by atoms with E-state index in [2.05, 4.69) is 5.32 Å². The summed E-state index contributed by atoms with van der Waals surface area (Å²) in [5, 5.41) is 11.9. The van der Waals surface area contributed by atoms with Crippen LogP contribution in [0.5, 0.6) is 0 Å². The zero-order valence-electron chi connectivity index (χ0n) is 10.3. The summed E-state index contributed by atoms with van der Waals surface area (Å²) < 4.78 is 0. The molecule has 0 saturated carbocycles. The summed E-state index contributed by atoms with van der Waals surface area (Å²) in [4.78, 5) is 23.5. The Bertz CT molecular complexity index is 663. The van der Waals surface area contributed by atoms with Gasteiger partial charge in [-0.3, -0.25) is 9.59 Å². The minimum atomic E-state index is -1.23. The number of primary amides is 1. The van der Waals surface area contributed by atoms with Gasteiger partial charge < -0.3 is 16.8 Å². The van der Waals surface area contributed by atoms with E-state index in [9.17, 15) is 14.9 Å². The standard InChI is InChI=1S/C13H11ClN4O2/c14-8-4-2-1-3-6(8)9-7(5-15)11(16)18-13(20)10(9)12(17)19/h1-4,9-10H,16H2,(H2,17,19)(H,18,20)/t9-,10-/m1/s1. The Hall–Kier alpha value is -2.52. The second-order valence-electron chi connectivity index (χ2n) is 4.31. The molecule has 1 aromatic carbocycles. The number of nitrogens with one attached hydrogen (secondary N) is 1. The summed E-state index contributed by atoms with van der Waals surface area (Å²) in [6.07, 6.45) is 0. The Morgan fingerprint density at radius 1 is 1.40 bits per heavy atom. The van der Waals surface area contributed by atoms with E-state index in [1.807, 2.05) is 6.07 Å². The maximum atomic E-state index is 11.9. The van der Waals surface area contributed by atoms with Crippen molar-refractivity contribution in [2.45, 2.75) is 5.92 Å². The number of carbonyl (C=O) groups excluding carboxylic acids is 2. The zero-order valence-corrected chi connectivity index (χ0v) is 11.0. The maximum absolute atomic E-state index is 11.9. The van der Waals surface area contributed by atoms with Crippen molar-refractivity contribution in [2.24, 2.45) is 17.4 Å². The second kappa shape index (κ2) is 5.23. The van der Waals surface area contributed by atoms with Crippen LogP contribution in [-0.2, 0) is 9.59 Å². The van der Waals surface area contributed by atoms with Gasteiger partial charge in [0.1, 0.15) is 11.7 Å². The number of nitriles is 1. The van der Waals surface area contributed by atoms with Crippen LogP contribution in [-0.4, -0.2) is 11.8 Å². The molecular weight excluding hydrogens is 280 g/mol. The van der Waals surface area contributed by atoms with E-state index in [0.29, 0.717) is 10.6 Å². The first-order chi connectivity index (χ1) is 9.47. The number of benzene rings is 1. The second-order valence-corrected chi connectivity index (χ2v) is 4.71. The van der Waals surface area contributed by atoms with Crippen LogP contribution in [0.2, 0.25) is 5.02 Å². The van der Waals surface area contributed by atoms with Crippen LogP contribution in [0.4, 0.5) is 0 Å². The third-order valence-corrected chi connectivity index (χ3v) is 3.49. The fraction of sp³-hybridized carbons (Fsp3) is 0.154.